The summed E-state index contributed by atoms with van der Waals surface area (Å²) >= 11 is 0. The second-order valence-corrected chi connectivity index (χ2v) is 6.64. The smallest absolute Gasteiger partial charge is 0.237 e. The normalized spacial score (nSPS) is 23.6. The summed E-state index contributed by atoms with van der Waals surface area (Å²) < 4.78 is 5.85. The molecule has 1 saturated heterocycles. The number of carbonyl (C=O) groups is 1. The van der Waals surface area contributed by atoms with Crippen LogP contribution in [0.4, 0.5) is 0 Å². The highest BCUT2D eigenvalue weighted by Gasteiger charge is 2.36. The Morgan fingerprint density at radius 3 is 2.88 bits per heavy atom. The van der Waals surface area contributed by atoms with Gasteiger partial charge in [0.05, 0.1) is 37.9 Å². The van der Waals surface area contributed by atoms with Crippen molar-refractivity contribution in [3.63, 3.8) is 0 Å². The van der Waals surface area contributed by atoms with Crippen molar-refractivity contribution in [2.24, 2.45) is 0 Å². The molecule has 5 nitrogen and oxygen atoms in total. The van der Waals surface area contributed by atoms with Crippen LogP contribution in [-0.2, 0) is 16.1 Å². The van der Waals surface area contributed by atoms with Gasteiger partial charge in [-0.1, -0.05) is 43.2 Å². The topological polar surface area (TPSA) is 56.6 Å². The van der Waals surface area contributed by atoms with Gasteiger partial charge >= 0.3 is 0 Å². The lowest BCUT2D eigenvalue weighted by Crippen LogP contribution is -2.56. The van der Waals surface area contributed by atoms with Crippen molar-refractivity contribution in [2.75, 3.05) is 26.2 Å². The summed E-state index contributed by atoms with van der Waals surface area (Å²) in [7, 11) is 0. The third-order valence-corrected chi connectivity index (χ3v) is 4.95. The van der Waals surface area contributed by atoms with Gasteiger partial charge in [0, 0.05) is 13.1 Å². The third-order valence-electron chi connectivity index (χ3n) is 4.95. The molecule has 3 rings (SSSR count). The van der Waals surface area contributed by atoms with Crippen LogP contribution >= 0.6 is 0 Å². The van der Waals surface area contributed by atoms with Crippen LogP contribution < -0.4 is 0 Å². The van der Waals surface area contributed by atoms with Gasteiger partial charge in [0.2, 0.25) is 5.91 Å². The molecule has 0 aromatic heterocycles. The van der Waals surface area contributed by atoms with Crippen molar-refractivity contribution in [1.29, 1.82) is 5.26 Å². The fraction of sp³-hybridized carbons (Fsp3) is 0.579. The van der Waals surface area contributed by atoms with Gasteiger partial charge in [0.15, 0.2) is 0 Å². The molecule has 0 radical (unpaired) electrons. The Labute approximate surface area is 143 Å². The molecule has 0 unspecified atom stereocenters. The molecule has 1 aliphatic heterocycles. The quantitative estimate of drug-likeness (QED) is 0.778. The molecule has 128 valence electrons. The average molecular weight is 327 g/mol. The Bertz CT molecular complexity index is 582. The van der Waals surface area contributed by atoms with E-state index in [1.165, 1.54) is 12.8 Å². The fourth-order valence-corrected chi connectivity index (χ4v) is 3.80. The van der Waals surface area contributed by atoms with E-state index in [-0.39, 0.29) is 24.6 Å². The molecule has 1 heterocycles. The van der Waals surface area contributed by atoms with Crippen molar-refractivity contribution in [3.8, 4) is 6.07 Å². The number of rotatable bonds is 5. The lowest BCUT2D eigenvalue weighted by atomic mass is 9.90. The standard InChI is InChI=1S/C19H25N3O2/c20-10-11-21(14-16-6-2-1-3-7-16)15-19(23)22-12-13-24-18-9-5-4-8-17(18)22/h1-3,6-7,17-18H,4-5,8-9,11-15H2/t17-,18-/m1/s1. The van der Waals surface area contributed by atoms with Crippen molar-refractivity contribution in [3.05, 3.63) is 35.9 Å². The minimum atomic E-state index is 0.126. The number of nitriles is 1. The van der Waals surface area contributed by atoms with Crippen molar-refractivity contribution >= 4 is 5.91 Å². The zero-order valence-corrected chi connectivity index (χ0v) is 14.1. The molecule has 1 aromatic carbocycles. The number of nitrogens with zero attached hydrogens (tertiary/aromatic N) is 3. The molecule has 2 fully saturated rings. The number of ether oxygens (including phenoxy) is 1. The molecule has 2 aliphatic rings. The second kappa shape index (κ2) is 8.27. The first-order chi connectivity index (χ1) is 11.8. The number of morpholine rings is 1. The van der Waals surface area contributed by atoms with Crippen LogP contribution in [0.25, 0.3) is 0 Å². The zero-order valence-electron chi connectivity index (χ0n) is 14.1. The van der Waals surface area contributed by atoms with Crippen LogP contribution in [0, 0.1) is 11.3 Å². The summed E-state index contributed by atoms with van der Waals surface area (Å²) in [6.07, 6.45) is 4.65. The average Bonchev–Trinajstić information content (AvgIpc) is 2.62. The number of benzene rings is 1. The van der Waals surface area contributed by atoms with Crippen LogP contribution in [0.2, 0.25) is 0 Å². The highest BCUT2D eigenvalue weighted by atomic mass is 16.5. The Balaban J connectivity index is 1.63. The minimum absolute atomic E-state index is 0.126. The Kier molecular flexibility index (Phi) is 5.84. The molecule has 2 atom stereocenters. The Morgan fingerprint density at radius 1 is 1.29 bits per heavy atom. The predicted molar refractivity (Wildman–Crippen MR) is 91.0 cm³/mol. The first kappa shape index (κ1) is 16.9. The van der Waals surface area contributed by atoms with Gasteiger partial charge in [-0.2, -0.15) is 5.26 Å². The van der Waals surface area contributed by atoms with Crippen molar-refractivity contribution < 1.29 is 9.53 Å². The lowest BCUT2D eigenvalue weighted by molar-refractivity contribution is -0.150. The van der Waals surface area contributed by atoms with Gasteiger partial charge in [-0.15, -0.1) is 0 Å². The zero-order chi connectivity index (χ0) is 16.8. The van der Waals surface area contributed by atoms with Gasteiger partial charge in [-0.3, -0.25) is 9.69 Å². The number of carbonyl (C=O) groups excluding carboxylic acids is 1. The Hall–Kier alpha value is -1.90. The molecule has 1 aromatic rings. The lowest BCUT2D eigenvalue weighted by Gasteiger charge is -2.44. The van der Waals surface area contributed by atoms with Crippen LogP contribution in [0.15, 0.2) is 30.3 Å². The molecule has 1 saturated carbocycles. The summed E-state index contributed by atoms with van der Waals surface area (Å²) in [5.41, 5.74) is 1.12. The van der Waals surface area contributed by atoms with Gasteiger partial charge in [-0.25, -0.2) is 0 Å². The minimum Gasteiger partial charge on any atom is -0.374 e. The molecule has 1 amide bonds. The Morgan fingerprint density at radius 2 is 2.08 bits per heavy atom. The second-order valence-electron chi connectivity index (χ2n) is 6.64. The highest BCUT2D eigenvalue weighted by Crippen LogP contribution is 2.28. The van der Waals surface area contributed by atoms with Crippen LogP contribution in [0.3, 0.4) is 0 Å². The van der Waals surface area contributed by atoms with E-state index in [4.69, 9.17) is 10.00 Å². The van der Waals surface area contributed by atoms with Gasteiger partial charge in [0.25, 0.3) is 0 Å². The molecular formula is C19H25N3O2. The van der Waals surface area contributed by atoms with E-state index in [0.717, 1.165) is 18.4 Å². The van der Waals surface area contributed by atoms with Gasteiger partial charge in [0.1, 0.15) is 0 Å². The maximum absolute atomic E-state index is 12.8. The van der Waals surface area contributed by atoms with E-state index in [2.05, 4.69) is 6.07 Å². The monoisotopic (exact) mass is 327 g/mol. The van der Waals surface area contributed by atoms with Crippen LogP contribution in [-0.4, -0.2) is 54.1 Å². The SMILES string of the molecule is N#CCN(CC(=O)N1CCO[C@@H]2CCCC[C@H]21)Cc1ccccc1. The summed E-state index contributed by atoms with van der Waals surface area (Å²) in [6, 6.07) is 12.4. The number of hydrogen-bond acceptors (Lipinski definition) is 4. The van der Waals surface area contributed by atoms with Gasteiger partial charge in [-0.05, 0) is 18.4 Å². The van der Waals surface area contributed by atoms with Crippen molar-refractivity contribution in [1.82, 2.24) is 9.80 Å². The summed E-state index contributed by atoms with van der Waals surface area (Å²) in [5, 5.41) is 9.09. The van der Waals surface area contributed by atoms with Crippen molar-refractivity contribution in [2.45, 2.75) is 44.4 Å². The summed E-state index contributed by atoms with van der Waals surface area (Å²) in [4.78, 5) is 16.8. The summed E-state index contributed by atoms with van der Waals surface area (Å²) in [5.74, 6) is 0.126. The molecule has 24 heavy (non-hydrogen) atoms. The summed E-state index contributed by atoms with van der Waals surface area (Å²) in [6.45, 7) is 2.49. The molecule has 5 heteroatoms. The van der Waals surface area contributed by atoms with Crippen LogP contribution in [0.1, 0.15) is 31.2 Å². The number of hydrogen-bond donors (Lipinski definition) is 0. The predicted octanol–water partition coefficient (Wildman–Crippen LogP) is 2.18. The third kappa shape index (κ3) is 4.14. The van der Waals surface area contributed by atoms with E-state index in [9.17, 15) is 4.79 Å². The maximum Gasteiger partial charge on any atom is 0.237 e. The molecule has 0 spiro atoms. The van der Waals surface area contributed by atoms with Gasteiger partial charge < -0.3 is 9.64 Å². The van der Waals surface area contributed by atoms with E-state index in [1.54, 1.807) is 0 Å². The van der Waals surface area contributed by atoms with E-state index in [0.29, 0.717) is 26.2 Å². The van der Waals surface area contributed by atoms with E-state index < -0.39 is 0 Å². The molecule has 1 aliphatic carbocycles. The molecule has 0 N–H and O–H groups in total. The molecule has 0 bridgehead atoms. The van der Waals surface area contributed by atoms with E-state index >= 15 is 0 Å². The van der Waals surface area contributed by atoms with Crippen LogP contribution in [0.5, 0.6) is 0 Å². The first-order valence-corrected chi connectivity index (χ1v) is 8.82. The molecular weight excluding hydrogens is 302 g/mol. The van der Waals surface area contributed by atoms with E-state index in [1.807, 2.05) is 40.1 Å². The highest BCUT2D eigenvalue weighted by molar-refractivity contribution is 5.78. The number of amides is 1. The number of fused-ring (bicyclic) bond motifs is 1. The first-order valence-electron chi connectivity index (χ1n) is 8.82. The maximum atomic E-state index is 12.8. The largest absolute Gasteiger partial charge is 0.374 e. The fourth-order valence-electron chi connectivity index (χ4n) is 3.80.